The summed E-state index contributed by atoms with van der Waals surface area (Å²) in [5.41, 5.74) is 0. The summed E-state index contributed by atoms with van der Waals surface area (Å²) in [6.07, 6.45) is -10.8. The van der Waals surface area contributed by atoms with Crippen molar-refractivity contribution in [3.05, 3.63) is 0 Å². The van der Waals surface area contributed by atoms with Crippen molar-refractivity contribution in [2.45, 2.75) is 18.4 Å². The van der Waals surface area contributed by atoms with Gasteiger partial charge < -0.3 is 9.05 Å². The van der Waals surface area contributed by atoms with Gasteiger partial charge in [-0.3, -0.25) is 0 Å². The molecule has 1 unspecified atom stereocenters. The number of rotatable bonds is 2. The molecule has 96 valence electrons. The molecule has 0 aromatic heterocycles. The van der Waals surface area contributed by atoms with E-state index in [0.29, 0.717) is 0 Å². The second-order valence-electron chi connectivity index (χ2n) is 2.90. The van der Waals surface area contributed by atoms with Gasteiger partial charge in [-0.1, -0.05) is 0 Å². The van der Waals surface area contributed by atoms with Crippen LogP contribution in [-0.4, -0.2) is 43.3 Å². The second-order valence-corrected chi connectivity index (χ2v) is 4.52. The summed E-state index contributed by atoms with van der Waals surface area (Å²) in [4.78, 5) is 0. The molecule has 3 nitrogen and oxygen atoms in total. The van der Waals surface area contributed by atoms with Crippen LogP contribution in [0.1, 0.15) is 0 Å². The van der Waals surface area contributed by atoms with Crippen LogP contribution in [0.15, 0.2) is 0 Å². The van der Waals surface area contributed by atoms with Gasteiger partial charge in [0.2, 0.25) is 6.04 Å². The zero-order chi connectivity index (χ0) is 12.6. The standard InChI is InChI=1S/C6H8F6NO2P/c1-14-16-13(2-3-15-16)4(5(7,8)9)6(10,11)12/h4H,2-3H2,1H3. The lowest BCUT2D eigenvalue weighted by Gasteiger charge is -2.31. The number of halogens is 6. The molecule has 0 saturated carbocycles. The monoisotopic (exact) mass is 271 g/mol. The molecule has 1 aliphatic heterocycles. The molecular weight excluding hydrogens is 263 g/mol. The van der Waals surface area contributed by atoms with Crippen LogP contribution in [0.5, 0.6) is 0 Å². The van der Waals surface area contributed by atoms with Crippen LogP contribution in [0, 0.1) is 0 Å². The molecule has 0 N–H and O–H groups in total. The van der Waals surface area contributed by atoms with Crippen molar-refractivity contribution in [2.24, 2.45) is 0 Å². The quantitative estimate of drug-likeness (QED) is 0.569. The molecule has 0 aromatic carbocycles. The third kappa shape index (κ3) is 2.97. The molecule has 0 spiro atoms. The Bertz CT molecular complexity index is 230. The van der Waals surface area contributed by atoms with Crippen molar-refractivity contribution >= 4 is 8.53 Å². The van der Waals surface area contributed by atoms with Crippen LogP contribution in [0.25, 0.3) is 0 Å². The third-order valence-corrected chi connectivity index (χ3v) is 3.37. The molecule has 0 radical (unpaired) electrons. The van der Waals surface area contributed by atoms with Crippen LogP contribution < -0.4 is 0 Å². The van der Waals surface area contributed by atoms with Gasteiger partial charge >= 0.3 is 12.4 Å². The van der Waals surface area contributed by atoms with Crippen molar-refractivity contribution in [1.29, 1.82) is 0 Å². The van der Waals surface area contributed by atoms with E-state index in [-0.39, 0.29) is 11.3 Å². The lowest BCUT2D eigenvalue weighted by Crippen LogP contribution is -2.52. The SMILES string of the molecule is COP1OCCN1C(C(F)(F)F)C(F)(F)F. The van der Waals surface area contributed by atoms with Crippen LogP contribution in [0.2, 0.25) is 0 Å². The zero-order valence-corrected chi connectivity index (χ0v) is 8.86. The molecular formula is C6H8F6NO2P. The molecule has 1 atom stereocenters. The Morgan fingerprint density at radius 2 is 1.69 bits per heavy atom. The molecule has 0 amide bonds. The van der Waals surface area contributed by atoms with Gasteiger partial charge in [-0.15, -0.1) is 0 Å². The summed E-state index contributed by atoms with van der Waals surface area (Å²) in [6.45, 7) is -0.661. The zero-order valence-electron chi connectivity index (χ0n) is 7.97. The molecule has 1 rings (SSSR count). The fraction of sp³-hybridized carbons (Fsp3) is 1.00. The smallest absolute Gasteiger partial charge is 0.325 e. The highest BCUT2D eigenvalue weighted by atomic mass is 31.2. The Morgan fingerprint density at radius 1 is 1.19 bits per heavy atom. The topological polar surface area (TPSA) is 21.7 Å². The predicted molar refractivity (Wildman–Crippen MR) is 42.5 cm³/mol. The average Bonchev–Trinajstić information content (AvgIpc) is 2.46. The Labute approximate surface area is 88.3 Å². The molecule has 1 heterocycles. The van der Waals surface area contributed by atoms with E-state index >= 15 is 0 Å². The largest absolute Gasteiger partial charge is 0.413 e. The van der Waals surface area contributed by atoms with Crippen LogP contribution in [0.3, 0.4) is 0 Å². The van der Waals surface area contributed by atoms with E-state index in [2.05, 4.69) is 9.05 Å². The van der Waals surface area contributed by atoms with E-state index in [9.17, 15) is 26.3 Å². The van der Waals surface area contributed by atoms with Crippen molar-refractivity contribution < 1.29 is 35.4 Å². The molecule has 16 heavy (non-hydrogen) atoms. The minimum atomic E-state index is -5.40. The molecule has 0 bridgehead atoms. The van der Waals surface area contributed by atoms with Gasteiger partial charge in [0.15, 0.2) is 0 Å². The first kappa shape index (κ1) is 14.0. The van der Waals surface area contributed by atoms with E-state index in [1.54, 1.807) is 0 Å². The lowest BCUT2D eigenvalue weighted by atomic mass is 10.2. The molecule has 0 aliphatic carbocycles. The maximum atomic E-state index is 12.3. The molecule has 1 saturated heterocycles. The number of nitrogens with zero attached hydrogens (tertiary/aromatic N) is 1. The van der Waals surface area contributed by atoms with E-state index in [4.69, 9.17) is 0 Å². The predicted octanol–water partition coefficient (Wildman–Crippen LogP) is 2.69. The van der Waals surface area contributed by atoms with Crippen molar-refractivity contribution in [3.63, 3.8) is 0 Å². The van der Waals surface area contributed by atoms with Crippen LogP contribution in [0.4, 0.5) is 26.3 Å². The number of alkyl halides is 6. The normalized spacial score (nSPS) is 24.4. The van der Waals surface area contributed by atoms with E-state index in [1.165, 1.54) is 0 Å². The minimum absolute atomic E-state index is 0.162. The number of hydrogen-bond acceptors (Lipinski definition) is 3. The summed E-state index contributed by atoms with van der Waals surface area (Å²) in [6, 6.07) is -3.53. The molecule has 10 heteroatoms. The Hall–Kier alpha value is -0.110. The fourth-order valence-electron chi connectivity index (χ4n) is 1.27. The highest BCUT2D eigenvalue weighted by Gasteiger charge is 2.62. The summed E-state index contributed by atoms with van der Waals surface area (Å²) in [7, 11) is -1.27. The first-order valence-corrected chi connectivity index (χ1v) is 5.18. The van der Waals surface area contributed by atoms with Gasteiger partial charge in [0.25, 0.3) is 8.53 Å². The number of hydrogen-bond donors (Lipinski definition) is 0. The lowest BCUT2D eigenvalue weighted by molar-refractivity contribution is -0.274. The van der Waals surface area contributed by atoms with E-state index in [1.807, 2.05) is 0 Å². The molecule has 1 aliphatic rings. The summed E-state index contributed by atoms with van der Waals surface area (Å²) in [5.74, 6) is 0. The molecule has 1 fully saturated rings. The van der Waals surface area contributed by atoms with Gasteiger partial charge in [0.05, 0.1) is 6.61 Å². The van der Waals surface area contributed by atoms with Crippen molar-refractivity contribution in [3.8, 4) is 0 Å². The Balaban J connectivity index is 2.93. The van der Waals surface area contributed by atoms with E-state index < -0.39 is 33.5 Å². The van der Waals surface area contributed by atoms with Gasteiger partial charge in [0, 0.05) is 13.7 Å². The van der Waals surface area contributed by atoms with Crippen molar-refractivity contribution in [2.75, 3.05) is 20.3 Å². The van der Waals surface area contributed by atoms with E-state index in [0.717, 1.165) is 7.11 Å². The van der Waals surface area contributed by atoms with Gasteiger partial charge in [-0.2, -0.15) is 26.3 Å². The highest BCUT2D eigenvalue weighted by molar-refractivity contribution is 7.44. The van der Waals surface area contributed by atoms with Gasteiger partial charge in [0.1, 0.15) is 0 Å². The molecule has 0 aromatic rings. The summed E-state index contributed by atoms with van der Waals surface area (Å²) in [5, 5.41) is 0. The van der Waals surface area contributed by atoms with Crippen LogP contribution >= 0.6 is 8.53 Å². The van der Waals surface area contributed by atoms with Gasteiger partial charge in [-0.05, 0) is 0 Å². The van der Waals surface area contributed by atoms with Gasteiger partial charge in [-0.25, -0.2) is 4.67 Å². The maximum absolute atomic E-state index is 12.3. The second kappa shape index (κ2) is 4.64. The summed E-state index contributed by atoms with van der Waals surface area (Å²) < 4.78 is 83.2. The fourth-order valence-corrected chi connectivity index (χ4v) is 2.67. The average molecular weight is 271 g/mol. The first-order chi connectivity index (χ1) is 7.18. The third-order valence-electron chi connectivity index (χ3n) is 1.81. The van der Waals surface area contributed by atoms with Crippen molar-refractivity contribution in [1.82, 2.24) is 4.67 Å². The van der Waals surface area contributed by atoms with Crippen LogP contribution in [-0.2, 0) is 9.05 Å². The minimum Gasteiger partial charge on any atom is -0.325 e. The Morgan fingerprint density at radius 3 is 2.06 bits per heavy atom. The Kier molecular flexibility index (Phi) is 4.04. The first-order valence-electron chi connectivity index (χ1n) is 4.05. The highest BCUT2D eigenvalue weighted by Crippen LogP contribution is 2.53. The maximum Gasteiger partial charge on any atom is 0.413 e. The summed E-state index contributed by atoms with van der Waals surface area (Å²) >= 11 is 0.